The van der Waals surface area contributed by atoms with Gasteiger partial charge >= 0.3 is 0 Å². The zero-order valence-electron chi connectivity index (χ0n) is 13.0. The number of hydrogen-bond donors (Lipinski definition) is 0. The van der Waals surface area contributed by atoms with Crippen LogP contribution in [0, 0.1) is 5.82 Å². The highest BCUT2D eigenvalue weighted by Crippen LogP contribution is 2.26. The van der Waals surface area contributed by atoms with Crippen LogP contribution in [0.15, 0.2) is 30.6 Å². The molecule has 1 aliphatic rings. The van der Waals surface area contributed by atoms with Crippen molar-refractivity contribution in [2.45, 2.75) is 32.2 Å². The number of carbonyl (C=O) groups is 1. The second-order valence-corrected chi connectivity index (χ2v) is 6.18. The van der Waals surface area contributed by atoms with E-state index in [4.69, 9.17) is 11.6 Å². The number of aromatic nitrogens is 2. The molecule has 6 heteroatoms. The molecule has 1 amide bonds. The predicted molar refractivity (Wildman–Crippen MR) is 87.2 cm³/mol. The molecule has 3 rings (SSSR count). The van der Waals surface area contributed by atoms with Crippen molar-refractivity contribution in [1.82, 2.24) is 14.5 Å². The number of imidazole rings is 1. The van der Waals surface area contributed by atoms with Gasteiger partial charge in [0.15, 0.2) is 0 Å². The van der Waals surface area contributed by atoms with Crippen LogP contribution in [0.3, 0.4) is 0 Å². The molecule has 0 N–H and O–H groups in total. The molecule has 0 bridgehead atoms. The Bertz CT molecular complexity index is 716. The number of amides is 1. The van der Waals surface area contributed by atoms with Gasteiger partial charge in [-0.1, -0.05) is 18.5 Å². The van der Waals surface area contributed by atoms with Gasteiger partial charge in [-0.2, -0.15) is 0 Å². The molecule has 4 nitrogen and oxygen atoms in total. The number of halogens is 2. The van der Waals surface area contributed by atoms with Gasteiger partial charge in [0, 0.05) is 31.9 Å². The fourth-order valence-corrected chi connectivity index (χ4v) is 3.40. The summed E-state index contributed by atoms with van der Waals surface area (Å²) in [6.07, 6.45) is 6.58. The quantitative estimate of drug-likeness (QED) is 0.857. The molecule has 0 spiro atoms. The molecule has 23 heavy (non-hydrogen) atoms. The van der Waals surface area contributed by atoms with E-state index in [-0.39, 0.29) is 17.0 Å². The Kier molecular flexibility index (Phi) is 4.66. The predicted octanol–water partition coefficient (Wildman–Crippen LogP) is 3.72. The maximum atomic E-state index is 13.2. The summed E-state index contributed by atoms with van der Waals surface area (Å²) in [5.41, 5.74) is 0.357. The van der Waals surface area contributed by atoms with Crippen LogP contribution < -0.4 is 0 Å². The molecule has 2 heterocycles. The van der Waals surface area contributed by atoms with E-state index in [0.717, 1.165) is 25.1 Å². The number of likely N-dealkylation sites (tertiary alicyclic amines) is 1. The van der Waals surface area contributed by atoms with Gasteiger partial charge in [0.2, 0.25) is 0 Å². The smallest absolute Gasteiger partial charge is 0.255 e. The Morgan fingerprint density at radius 2 is 2.30 bits per heavy atom. The van der Waals surface area contributed by atoms with Crippen molar-refractivity contribution >= 4 is 17.5 Å². The summed E-state index contributed by atoms with van der Waals surface area (Å²) in [5.74, 6) is 0.455. The van der Waals surface area contributed by atoms with Crippen molar-refractivity contribution in [3.8, 4) is 0 Å². The fourth-order valence-electron chi connectivity index (χ4n) is 3.15. The van der Waals surface area contributed by atoms with E-state index < -0.39 is 5.82 Å². The van der Waals surface area contributed by atoms with E-state index in [0.29, 0.717) is 18.7 Å². The van der Waals surface area contributed by atoms with Crippen LogP contribution in [0.5, 0.6) is 0 Å². The first kappa shape index (κ1) is 16.0. The van der Waals surface area contributed by atoms with E-state index in [9.17, 15) is 9.18 Å². The molecule has 1 aliphatic heterocycles. The Morgan fingerprint density at radius 3 is 3.04 bits per heavy atom. The number of rotatable bonds is 3. The molecule has 1 saturated heterocycles. The SMILES string of the molecule is CCc1nccn1[C@@H]1CCCN(C(=O)c2ccc(F)cc2Cl)C1. The lowest BCUT2D eigenvalue weighted by Crippen LogP contribution is -2.41. The third kappa shape index (κ3) is 3.24. The van der Waals surface area contributed by atoms with Crippen LogP contribution in [-0.4, -0.2) is 33.4 Å². The maximum Gasteiger partial charge on any atom is 0.255 e. The van der Waals surface area contributed by atoms with Crippen LogP contribution in [0.25, 0.3) is 0 Å². The second kappa shape index (κ2) is 6.71. The van der Waals surface area contributed by atoms with Crippen LogP contribution in [0.1, 0.15) is 42.0 Å². The summed E-state index contributed by atoms with van der Waals surface area (Å²) in [6.45, 7) is 3.39. The van der Waals surface area contributed by atoms with Crippen LogP contribution in [0.2, 0.25) is 5.02 Å². The minimum Gasteiger partial charge on any atom is -0.337 e. The molecule has 0 radical (unpaired) electrons. The van der Waals surface area contributed by atoms with E-state index in [1.54, 1.807) is 11.1 Å². The largest absolute Gasteiger partial charge is 0.337 e. The van der Waals surface area contributed by atoms with Gasteiger partial charge < -0.3 is 9.47 Å². The number of carbonyl (C=O) groups excluding carboxylic acids is 1. The van der Waals surface area contributed by atoms with E-state index in [1.807, 2.05) is 6.20 Å². The Balaban J connectivity index is 1.79. The molecule has 0 aliphatic carbocycles. The summed E-state index contributed by atoms with van der Waals surface area (Å²) in [6, 6.07) is 4.13. The lowest BCUT2D eigenvalue weighted by atomic mass is 10.0. The third-order valence-corrected chi connectivity index (χ3v) is 4.62. The van der Waals surface area contributed by atoms with Crippen LogP contribution >= 0.6 is 11.6 Å². The summed E-state index contributed by atoms with van der Waals surface area (Å²) in [7, 11) is 0. The Hall–Kier alpha value is -1.88. The lowest BCUT2D eigenvalue weighted by Gasteiger charge is -2.34. The van der Waals surface area contributed by atoms with Gasteiger partial charge in [0.1, 0.15) is 11.6 Å². The summed E-state index contributed by atoms with van der Waals surface area (Å²) in [5, 5.41) is 0.161. The van der Waals surface area contributed by atoms with Gasteiger partial charge in [0.25, 0.3) is 5.91 Å². The topological polar surface area (TPSA) is 38.1 Å². The number of benzene rings is 1. The van der Waals surface area contributed by atoms with Crippen molar-refractivity contribution in [3.05, 3.63) is 52.8 Å². The summed E-state index contributed by atoms with van der Waals surface area (Å²) < 4.78 is 15.3. The van der Waals surface area contributed by atoms with Crippen molar-refractivity contribution in [1.29, 1.82) is 0 Å². The van der Waals surface area contributed by atoms with E-state index >= 15 is 0 Å². The summed E-state index contributed by atoms with van der Waals surface area (Å²) >= 11 is 6.02. The van der Waals surface area contributed by atoms with Crippen LogP contribution in [0.4, 0.5) is 4.39 Å². The summed E-state index contributed by atoms with van der Waals surface area (Å²) in [4.78, 5) is 18.9. The van der Waals surface area contributed by atoms with E-state index in [1.165, 1.54) is 18.2 Å². The molecule has 122 valence electrons. The zero-order valence-corrected chi connectivity index (χ0v) is 13.8. The van der Waals surface area contributed by atoms with Gasteiger partial charge in [0.05, 0.1) is 16.6 Å². The first-order chi connectivity index (χ1) is 11.1. The maximum absolute atomic E-state index is 13.2. The minimum atomic E-state index is -0.436. The molecule has 2 aromatic rings. The van der Waals surface area contributed by atoms with Gasteiger partial charge in [-0.25, -0.2) is 9.37 Å². The molecular formula is C17H19ClFN3O. The molecule has 1 aromatic carbocycles. The second-order valence-electron chi connectivity index (χ2n) is 5.78. The highest BCUT2D eigenvalue weighted by Gasteiger charge is 2.27. The number of aryl methyl sites for hydroxylation is 1. The van der Waals surface area contributed by atoms with Crippen LogP contribution in [-0.2, 0) is 6.42 Å². The van der Waals surface area contributed by atoms with Gasteiger partial charge in [-0.3, -0.25) is 4.79 Å². The molecule has 0 saturated carbocycles. The van der Waals surface area contributed by atoms with E-state index in [2.05, 4.69) is 16.5 Å². The standard InChI is InChI=1S/C17H19ClFN3O/c1-2-16-20-7-9-22(16)13-4-3-8-21(11-13)17(23)14-6-5-12(19)10-15(14)18/h5-7,9-10,13H,2-4,8,11H2,1H3/t13-/m1/s1. The fraction of sp³-hybridized carbons (Fsp3) is 0.412. The third-order valence-electron chi connectivity index (χ3n) is 4.30. The molecule has 1 fully saturated rings. The van der Waals surface area contributed by atoms with Crippen molar-refractivity contribution in [3.63, 3.8) is 0 Å². The number of nitrogens with zero attached hydrogens (tertiary/aromatic N) is 3. The zero-order chi connectivity index (χ0) is 16.4. The van der Waals surface area contributed by atoms with Crippen molar-refractivity contribution in [2.24, 2.45) is 0 Å². The molecular weight excluding hydrogens is 317 g/mol. The first-order valence-electron chi connectivity index (χ1n) is 7.86. The average molecular weight is 336 g/mol. The minimum absolute atomic E-state index is 0.141. The number of hydrogen-bond acceptors (Lipinski definition) is 2. The molecule has 0 unspecified atom stereocenters. The Morgan fingerprint density at radius 1 is 1.48 bits per heavy atom. The highest BCUT2D eigenvalue weighted by atomic mass is 35.5. The van der Waals surface area contributed by atoms with Crippen molar-refractivity contribution in [2.75, 3.05) is 13.1 Å². The molecule has 1 atom stereocenters. The Labute approximate surface area is 139 Å². The lowest BCUT2D eigenvalue weighted by molar-refractivity contribution is 0.0678. The monoisotopic (exact) mass is 335 g/mol. The molecule has 1 aromatic heterocycles. The normalized spacial score (nSPS) is 18.2. The average Bonchev–Trinajstić information content (AvgIpc) is 3.03. The number of piperidine rings is 1. The van der Waals surface area contributed by atoms with Gasteiger partial charge in [-0.05, 0) is 31.0 Å². The van der Waals surface area contributed by atoms with Gasteiger partial charge in [-0.15, -0.1) is 0 Å². The first-order valence-corrected chi connectivity index (χ1v) is 8.24. The highest BCUT2D eigenvalue weighted by molar-refractivity contribution is 6.33. The van der Waals surface area contributed by atoms with Crippen molar-refractivity contribution < 1.29 is 9.18 Å².